The highest BCUT2D eigenvalue weighted by Crippen LogP contribution is 2.17. The molecule has 0 radical (unpaired) electrons. The number of carbonyl (C=O) groups excluding carboxylic acids is 2. The first-order valence-electron chi connectivity index (χ1n) is 8.62. The van der Waals surface area contributed by atoms with Gasteiger partial charge in [0.25, 0.3) is 5.91 Å². The average Bonchev–Trinajstić information content (AvgIpc) is 3.07. The molecular weight excluding hydrogens is 353 g/mol. The Balaban J connectivity index is 1.49. The molecule has 1 N–H and O–H groups in total. The van der Waals surface area contributed by atoms with E-state index in [1.165, 1.54) is 23.9 Å². The Kier molecular flexibility index (Phi) is 5.58. The SMILES string of the molecule is COc1nn(C)cc1C(=O)NCC(=O)N1CCN(c2ccc(F)cc2)CC1. The van der Waals surface area contributed by atoms with E-state index in [4.69, 9.17) is 4.74 Å². The average molecular weight is 375 g/mol. The summed E-state index contributed by atoms with van der Waals surface area (Å²) in [5.74, 6) is -0.605. The van der Waals surface area contributed by atoms with Gasteiger partial charge in [-0.15, -0.1) is 5.10 Å². The zero-order valence-corrected chi connectivity index (χ0v) is 15.3. The van der Waals surface area contributed by atoms with Gasteiger partial charge in [0.2, 0.25) is 11.8 Å². The normalized spacial score (nSPS) is 14.2. The van der Waals surface area contributed by atoms with Crippen molar-refractivity contribution in [3.63, 3.8) is 0 Å². The second-order valence-electron chi connectivity index (χ2n) is 6.25. The van der Waals surface area contributed by atoms with Crippen molar-refractivity contribution in [2.24, 2.45) is 7.05 Å². The lowest BCUT2D eigenvalue weighted by Crippen LogP contribution is -2.51. The van der Waals surface area contributed by atoms with Gasteiger partial charge < -0.3 is 19.9 Å². The summed E-state index contributed by atoms with van der Waals surface area (Å²) >= 11 is 0. The van der Waals surface area contributed by atoms with Gasteiger partial charge in [-0.3, -0.25) is 14.3 Å². The monoisotopic (exact) mass is 375 g/mol. The van der Waals surface area contributed by atoms with Gasteiger partial charge in [-0.1, -0.05) is 0 Å². The summed E-state index contributed by atoms with van der Waals surface area (Å²) < 4.78 is 19.6. The summed E-state index contributed by atoms with van der Waals surface area (Å²) in [5.41, 5.74) is 1.22. The minimum Gasteiger partial charge on any atom is -0.479 e. The Hall–Kier alpha value is -3.10. The van der Waals surface area contributed by atoms with Crippen LogP contribution in [0.3, 0.4) is 0 Å². The number of piperazine rings is 1. The molecule has 0 unspecified atom stereocenters. The van der Waals surface area contributed by atoms with Crippen LogP contribution in [0.4, 0.5) is 10.1 Å². The molecule has 1 aliphatic rings. The van der Waals surface area contributed by atoms with Crippen LogP contribution in [-0.2, 0) is 11.8 Å². The van der Waals surface area contributed by atoms with Crippen LogP contribution in [0.25, 0.3) is 0 Å². The molecule has 2 heterocycles. The predicted octanol–water partition coefficient (Wildman–Crippen LogP) is 0.646. The number of hydrogen-bond acceptors (Lipinski definition) is 5. The maximum Gasteiger partial charge on any atom is 0.258 e. The molecular formula is C18H22FN5O3. The van der Waals surface area contributed by atoms with Crippen molar-refractivity contribution in [2.75, 3.05) is 44.7 Å². The number of rotatable bonds is 5. The molecule has 1 saturated heterocycles. The molecule has 3 rings (SSSR count). The first-order chi connectivity index (χ1) is 13.0. The molecule has 0 spiro atoms. The smallest absolute Gasteiger partial charge is 0.258 e. The number of ether oxygens (including phenoxy) is 1. The number of nitrogens with zero attached hydrogens (tertiary/aromatic N) is 4. The standard InChI is InChI=1S/C18H22FN5O3/c1-22-12-15(18(21-22)27-2)17(26)20-11-16(25)24-9-7-23(8-10-24)14-5-3-13(19)4-6-14/h3-6,12H,7-11H2,1-2H3,(H,20,26). The molecule has 144 valence electrons. The van der Waals surface area contributed by atoms with Gasteiger partial charge in [0.05, 0.1) is 13.7 Å². The molecule has 0 aliphatic carbocycles. The van der Waals surface area contributed by atoms with Crippen LogP contribution in [0, 0.1) is 5.82 Å². The first-order valence-corrected chi connectivity index (χ1v) is 8.62. The Morgan fingerprint density at radius 1 is 1.19 bits per heavy atom. The third-order valence-electron chi connectivity index (χ3n) is 4.46. The molecule has 0 saturated carbocycles. The van der Waals surface area contributed by atoms with E-state index < -0.39 is 5.91 Å². The number of carbonyl (C=O) groups is 2. The van der Waals surface area contributed by atoms with Crippen molar-refractivity contribution in [3.05, 3.63) is 41.8 Å². The Bertz CT molecular complexity index is 813. The molecule has 27 heavy (non-hydrogen) atoms. The second-order valence-corrected chi connectivity index (χ2v) is 6.25. The number of anilines is 1. The van der Waals surface area contributed by atoms with E-state index in [1.54, 1.807) is 30.3 Å². The van der Waals surface area contributed by atoms with Gasteiger partial charge in [-0.2, -0.15) is 0 Å². The highest BCUT2D eigenvalue weighted by molar-refractivity contribution is 5.98. The second kappa shape index (κ2) is 8.07. The fourth-order valence-electron chi connectivity index (χ4n) is 3.00. The molecule has 1 aromatic heterocycles. The Morgan fingerprint density at radius 3 is 2.48 bits per heavy atom. The van der Waals surface area contributed by atoms with Crippen molar-refractivity contribution in [2.45, 2.75) is 0 Å². The van der Waals surface area contributed by atoms with Crippen LogP contribution >= 0.6 is 0 Å². The van der Waals surface area contributed by atoms with Gasteiger partial charge in [0.15, 0.2) is 0 Å². The number of methoxy groups -OCH3 is 1. The van der Waals surface area contributed by atoms with E-state index in [0.29, 0.717) is 26.2 Å². The molecule has 1 aliphatic heterocycles. The van der Waals surface area contributed by atoms with Gasteiger partial charge in [-0.25, -0.2) is 4.39 Å². The van der Waals surface area contributed by atoms with E-state index in [1.807, 2.05) is 0 Å². The van der Waals surface area contributed by atoms with E-state index in [9.17, 15) is 14.0 Å². The van der Waals surface area contributed by atoms with E-state index in [0.717, 1.165) is 5.69 Å². The molecule has 1 aromatic carbocycles. The molecule has 1 fully saturated rings. The summed E-state index contributed by atoms with van der Waals surface area (Å²) in [6.07, 6.45) is 1.54. The lowest BCUT2D eigenvalue weighted by molar-refractivity contribution is -0.130. The van der Waals surface area contributed by atoms with Crippen LogP contribution in [0.2, 0.25) is 0 Å². The number of nitrogens with one attached hydrogen (secondary N) is 1. The van der Waals surface area contributed by atoms with Crippen LogP contribution in [0.15, 0.2) is 30.5 Å². The molecule has 2 aromatic rings. The lowest BCUT2D eigenvalue weighted by atomic mass is 10.2. The number of halogens is 1. The molecule has 0 atom stereocenters. The number of aryl methyl sites for hydroxylation is 1. The summed E-state index contributed by atoms with van der Waals surface area (Å²) in [4.78, 5) is 28.4. The summed E-state index contributed by atoms with van der Waals surface area (Å²) in [6.45, 7) is 2.31. The van der Waals surface area contributed by atoms with Crippen LogP contribution in [0.1, 0.15) is 10.4 Å². The van der Waals surface area contributed by atoms with Crippen molar-refractivity contribution in [1.82, 2.24) is 20.0 Å². The molecule has 2 amide bonds. The minimum atomic E-state index is -0.404. The Labute approximate surface area is 156 Å². The predicted molar refractivity (Wildman–Crippen MR) is 97.3 cm³/mol. The zero-order valence-electron chi connectivity index (χ0n) is 15.3. The van der Waals surface area contributed by atoms with Gasteiger partial charge >= 0.3 is 0 Å². The van der Waals surface area contributed by atoms with Crippen LogP contribution < -0.4 is 15.0 Å². The summed E-state index contributed by atoms with van der Waals surface area (Å²) in [7, 11) is 3.12. The quantitative estimate of drug-likeness (QED) is 0.830. The van der Waals surface area contributed by atoms with Crippen LogP contribution in [0.5, 0.6) is 5.88 Å². The lowest BCUT2D eigenvalue weighted by Gasteiger charge is -2.36. The van der Waals surface area contributed by atoms with Crippen molar-refractivity contribution < 1.29 is 18.7 Å². The first kappa shape index (κ1) is 18.7. The third kappa shape index (κ3) is 4.36. The van der Waals surface area contributed by atoms with Crippen molar-refractivity contribution in [3.8, 4) is 5.88 Å². The van der Waals surface area contributed by atoms with E-state index >= 15 is 0 Å². The largest absolute Gasteiger partial charge is 0.479 e. The van der Waals surface area contributed by atoms with Gasteiger partial charge in [0, 0.05) is 45.1 Å². The highest BCUT2D eigenvalue weighted by atomic mass is 19.1. The topological polar surface area (TPSA) is 79.7 Å². The fourth-order valence-corrected chi connectivity index (χ4v) is 3.00. The van der Waals surface area contributed by atoms with E-state index in [-0.39, 0.29) is 29.7 Å². The zero-order chi connectivity index (χ0) is 19.4. The van der Waals surface area contributed by atoms with Gasteiger partial charge in [0.1, 0.15) is 11.4 Å². The number of benzene rings is 1. The van der Waals surface area contributed by atoms with Crippen LogP contribution in [-0.4, -0.2) is 66.3 Å². The number of amides is 2. The fraction of sp³-hybridized carbons (Fsp3) is 0.389. The number of aromatic nitrogens is 2. The molecule has 0 bridgehead atoms. The van der Waals surface area contributed by atoms with Gasteiger partial charge in [-0.05, 0) is 24.3 Å². The Morgan fingerprint density at radius 2 is 1.85 bits per heavy atom. The third-order valence-corrected chi connectivity index (χ3v) is 4.46. The summed E-state index contributed by atoms with van der Waals surface area (Å²) in [5, 5.41) is 6.63. The highest BCUT2D eigenvalue weighted by Gasteiger charge is 2.23. The van der Waals surface area contributed by atoms with E-state index in [2.05, 4.69) is 15.3 Å². The molecule has 8 nitrogen and oxygen atoms in total. The maximum atomic E-state index is 13.0. The van der Waals surface area contributed by atoms with Crippen molar-refractivity contribution >= 4 is 17.5 Å². The number of hydrogen-bond donors (Lipinski definition) is 1. The summed E-state index contributed by atoms with van der Waals surface area (Å²) in [6, 6.07) is 6.31. The van der Waals surface area contributed by atoms with Crippen molar-refractivity contribution in [1.29, 1.82) is 0 Å². The molecule has 9 heteroatoms. The minimum absolute atomic E-state index is 0.0899. The maximum absolute atomic E-state index is 13.0.